The number of benzene rings is 3. The van der Waals surface area contributed by atoms with Gasteiger partial charge in [0.05, 0.1) is 16.6 Å². The first-order valence-corrected chi connectivity index (χ1v) is 11.8. The largest absolute Gasteiger partial charge is 0.478 e. The number of rotatable bonds is 8. The van der Waals surface area contributed by atoms with Crippen molar-refractivity contribution in [2.45, 2.75) is 32.7 Å². The van der Waals surface area contributed by atoms with E-state index in [1.54, 1.807) is 31.1 Å². The molecule has 4 rings (SSSR count). The Morgan fingerprint density at radius 2 is 1.80 bits per heavy atom. The van der Waals surface area contributed by atoms with E-state index in [9.17, 15) is 14.7 Å². The van der Waals surface area contributed by atoms with Crippen molar-refractivity contribution < 1.29 is 14.7 Å². The monoisotopic (exact) mass is 470 g/mol. The number of carboxylic acids is 1. The predicted octanol–water partition coefficient (Wildman–Crippen LogP) is 5.57. The van der Waals surface area contributed by atoms with Crippen LogP contribution >= 0.6 is 0 Å². The summed E-state index contributed by atoms with van der Waals surface area (Å²) in [7, 11) is 3.36. The molecule has 35 heavy (non-hydrogen) atoms. The summed E-state index contributed by atoms with van der Waals surface area (Å²) in [5.74, 6) is 0.0783. The third-order valence-electron chi connectivity index (χ3n) is 6.23. The molecule has 0 saturated heterocycles. The number of carboxylic acid groups (broad SMARTS) is 1. The summed E-state index contributed by atoms with van der Waals surface area (Å²) >= 11 is 0. The zero-order valence-corrected chi connectivity index (χ0v) is 20.3. The summed E-state index contributed by atoms with van der Waals surface area (Å²) in [5.41, 5.74) is 5.61. The van der Waals surface area contributed by atoms with Gasteiger partial charge in [0.25, 0.3) is 0 Å². The minimum atomic E-state index is -0.937. The Hall–Kier alpha value is -4.13. The van der Waals surface area contributed by atoms with Gasteiger partial charge in [0.15, 0.2) is 0 Å². The normalized spacial score (nSPS) is 10.9. The minimum Gasteiger partial charge on any atom is -0.478 e. The van der Waals surface area contributed by atoms with Gasteiger partial charge in [-0.3, -0.25) is 4.90 Å². The van der Waals surface area contributed by atoms with Gasteiger partial charge in [-0.2, -0.15) is 0 Å². The molecular formula is C28H30N4O3. The van der Waals surface area contributed by atoms with E-state index < -0.39 is 5.97 Å². The number of carbonyl (C=O) groups excluding carboxylic acids is 1. The number of nitrogens with one attached hydrogen (secondary N) is 1. The summed E-state index contributed by atoms with van der Waals surface area (Å²) in [6.45, 7) is 2.79. The molecule has 4 aromatic rings. The van der Waals surface area contributed by atoms with Gasteiger partial charge < -0.3 is 15.0 Å². The maximum Gasteiger partial charge on any atom is 0.336 e. The van der Waals surface area contributed by atoms with E-state index in [0.29, 0.717) is 12.1 Å². The molecule has 0 fully saturated rings. The predicted molar refractivity (Wildman–Crippen MR) is 139 cm³/mol. The molecule has 2 amide bonds. The first-order chi connectivity index (χ1) is 16.9. The van der Waals surface area contributed by atoms with Gasteiger partial charge in [-0.05, 0) is 47.4 Å². The fourth-order valence-corrected chi connectivity index (χ4v) is 4.25. The van der Waals surface area contributed by atoms with Crippen LogP contribution in [0.5, 0.6) is 0 Å². The average Bonchev–Trinajstić information content (AvgIpc) is 3.23. The number of aromatic carboxylic acids is 1. The number of imidazole rings is 1. The van der Waals surface area contributed by atoms with Crippen molar-refractivity contribution in [2.75, 3.05) is 19.0 Å². The Morgan fingerprint density at radius 3 is 2.49 bits per heavy atom. The molecule has 0 atom stereocenters. The van der Waals surface area contributed by atoms with Crippen LogP contribution in [0.25, 0.3) is 22.2 Å². The molecule has 0 radical (unpaired) electrons. The van der Waals surface area contributed by atoms with Crippen LogP contribution in [-0.2, 0) is 13.0 Å². The molecular weight excluding hydrogens is 440 g/mol. The van der Waals surface area contributed by atoms with E-state index in [0.717, 1.165) is 52.9 Å². The fraction of sp³-hybridized carbons (Fsp3) is 0.250. The van der Waals surface area contributed by atoms with Gasteiger partial charge in [-0.1, -0.05) is 55.8 Å². The Kier molecular flexibility index (Phi) is 7.15. The molecule has 7 heteroatoms. The lowest BCUT2D eigenvalue weighted by molar-refractivity contribution is 0.0697. The molecule has 0 aliphatic heterocycles. The summed E-state index contributed by atoms with van der Waals surface area (Å²) in [4.78, 5) is 30.2. The van der Waals surface area contributed by atoms with Crippen molar-refractivity contribution in [2.24, 2.45) is 0 Å². The van der Waals surface area contributed by atoms with Gasteiger partial charge in [0, 0.05) is 32.7 Å². The molecule has 2 N–H and O–H groups in total. The van der Waals surface area contributed by atoms with Gasteiger partial charge in [0.2, 0.25) is 0 Å². The standard InChI is InChI=1S/C28H30N4O3/c1-4-5-10-26-30-24-16-15-21(31(3)28(35)29-2)17-25(24)32(26)18-19-11-13-20(14-12-19)22-8-6-7-9-23(22)27(33)34/h6-9,11-17H,4-5,10,18H2,1-3H3,(H,29,35)(H,33,34). The summed E-state index contributed by atoms with van der Waals surface area (Å²) in [5, 5.41) is 12.2. The van der Waals surface area contributed by atoms with Crippen LogP contribution in [0.4, 0.5) is 10.5 Å². The molecule has 180 valence electrons. The molecule has 0 spiro atoms. The van der Waals surface area contributed by atoms with Crippen LogP contribution in [0, 0.1) is 0 Å². The highest BCUT2D eigenvalue weighted by Gasteiger charge is 2.16. The van der Waals surface area contributed by atoms with Crippen molar-refractivity contribution >= 4 is 28.7 Å². The first kappa shape index (κ1) is 24.0. The number of aromatic nitrogens is 2. The second kappa shape index (κ2) is 10.4. The number of anilines is 1. The lowest BCUT2D eigenvalue weighted by atomic mass is 9.99. The second-order valence-corrected chi connectivity index (χ2v) is 8.55. The molecule has 0 unspecified atom stereocenters. The molecule has 7 nitrogen and oxygen atoms in total. The Balaban J connectivity index is 1.70. The summed E-state index contributed by atoms with van der Waals surface area (Å²) in [6, 6.07) is 20.7. The van der Waals surface area contributed by atoms with Crippen LogP contribution in [0.2, 0.25) is 0 Å². The number of fused-ring (bicyclic) bond motifs is 1. The van der Waals surface area contributed by atoms with Crippen LogP contribution < -0.4 is 10.2 Å². The molecule has 0 aliphatic rings. The summed E-state index contributed by atoms with van der Waals surface area (Å²) in [6.07, 6.45) is 2.99. The van der Waals surface area contributed by atoms with Crippen molar-refractivity contribution in [3.63, 3.8) is 0 Å². The van der Waals surface area contributed by atoms with Crippen molar-refractivity contribution in [1.29, 1.82) is 0 Å². The molecule has 1 heterocycles. The quantitative estimate of drug-likeness (QED) is 0.353. The average molecular weight is 471 g/mol. The molecule has 0 bridgehead atoms. The van der Waals surface area contributed by atoms with E-state index in [2.05, 4.69) is 16.8 Å². The third kappa shape index (κ3) is 5.04. The van der Waals surface area contributed by atoms with E-state index in [1.807, 2.05) is 54.6 Å². The van der Waals surface area contributed by atoms with Crippen molar-refractivity contribution in [3.05, 3.63) is 83.7 Å². The van der Waals surface area contributed by atoms with Crippen molar-refractivity contribution in [3.8, 4) is 11.1 Å². The second-order valence-electron chi connectivity index (χ2n) is 8.55. The van der Waals surface area contributed by atoms with Gasteiger partial charge in [-0.15, -0.1) is 0 Å². The maximum absolute atomic E-state index is 12.1. The molecule has 0 aliphatic carbocycles. The van der Waals surface area contributed by atoms with Gasteiger partial charge in [-0.25, -0.2) is 14.6 Å². The Morgan fingerprint density at radius 1 is 1.06 bits per heavy atom. The highest BCUT2D eigenvalue weighted by atomic mass is 16.4. The lowest BCUT2D eigenvalue weighted by Crippen LogP contribution is -2.34. The van der Waals surface area contributed by atoms with Gasteiger partial charge >= 0.3 is 12.0 Å². The number of hydrogen-bond acceptors (Lipinski definition) is 3. The number of unbranched alkanes of at least 4 members (excludes halogenated alkanes) is 1. The summed E-state index contributed by atoms with van der Waals surface area (Å²) < 4.78 is 2.21. The highest BCUT2D eigenvalue weighted by molar-refractivity contribution is 5.96. The smallest absolute Gasteiger partial charge is 0.336 e. The highest BCUT2D eigenvalue weighted by Crippen LogP contribution is 2.27. The Labute approximate surface area is 205 Å². The number of nitrogens with zero attached hydrogens (tertiary/aromatic N) is 3. The van der Waals surface area contributed by atoms with Crippen LogP contribution in [0.15, 0.2) is 66.7 Å². The van der Waals surface area contributed by atoms with E-state index in [-0.39, 0.29) is 11.6 Å². The van der Waals surface area contributed by atoms with Crippen LogP contribution in [-0.4, -0.2) is 40.8 Å². The van der Waals surface area contributed by atoms with E-state index >= 15 is 0 Å². The topological polar surface area (TPSA) is 87.5 Å². The van der Waals surface area contributed by atoms with Crippen LogP contribution in [0.3, 0.4) is 0 Å². The lowest BCUT2D eigenvalue weighted by Gasteiger charge is -2.17. The van der Waals surface area contributed by atoms with Gasteiger partial charge in [0.1, 0.15) is 5.82 Å². The SMILES string of the molecule is CCCCc1nc2ccc(N(C)C(=O)NC)cc2n1Cc1ccc(-c2ccccc2C(=O)O)cc1. The number of amides is 2. The number of urea groups is 1. The van der Waals surface area contributed by atoms with Crippen LogP contribution in [0.1, 0.15) is 41.5 Å². The zero-order valence-electron chi connectivity index (χ0n) is 20.3. The minimum absolute atomic E-state index is 0.182. The molecule has 1 aromatic heterocycles. The molecule has 0 saturated carbocycles. The number of aryl methyl sites for hydroxylation is 1. The number of carbonyl (C=O) groups is 2. The zero-order chi connectivity index (χ0) is 24.9. The van der Waals surface area contributed by atoms with Crippen molar-refractivity contribution in [1.82, 2.24) is 14.9 Å². The fourth-order valence-electron chi connectivity index (χ4n) is 4.25. The molecule has 3 aromatic carbocycles. The Bertz CT molecular complexity index is 1360. The number of hydrogen-bond donors (Lipinski definition) is 2. The van der Waals surface area contributed by atoms with E-state index in [1.165, 1.54) is 0 Å². The maximum atomic E-state index is 12.1. The first-order valence-electron chi connectivity index (χ1n) is 11.8. The van der Waals surface area contributed by atoms with E-state index in [4.69, 9.17) is 4.98 Å². The third-order valence-corrected chi connectivity index (χ3v) is 6.23.